The van der Waals surface area contributed by atoms with Crippen LogP contribution in [0.25, 0.3) is 55.1 Å². The zero-order chi connectivity index (χ0) is 24.0. The third-order valence-corrected chi connectivity index (χ3v) is 11.1. The molecule has 170 valence electrons. The minimum absolute atomic E-state index is 0.949. The van der Waals surface area contributed by atoms with Gasteiger partial charge >= 0.3 is 0 Å². The van der Waals surface area contributed by atoms with E-state index in [9.17, 15) is 0 Å². The molecule has 4 aromatic carbocycles. The molecule has 0 N–H and O–H groups in total. The lowest BCUT2D eigenvalue weighted by Crippen LogP contribution is -2.36. The Morgan fingerprint density at radius 3 is 2.34 bits per heavy atom. The van der Waals surface area contributed by atoms with E-state index in [2.05, 4.69) is 112 Å². The van der Waals surface area contributed by atoms with Gasteiger partial charge in [-0.3, -0.25) is 0 Å². The summed E-state index contributed by atoms with van der Waals surface area (Å²) in [4.78, 5) is 0. The number of hydrogen-bond acceptors (Lipinski definition) is 1. The second-order valence-corrected chi connectivity index (χ2v) is 12.8. The lowest BCUT2D eigenvalue weighted by molar-refractivity contribution is -0.659. The standard InChI is InChI=1S/C32H28NOSi/c1-18-16-25-21-10-6-8-12-26(21)34-31(25)29(20(18)3)30-24-17-19(2)28-23-11-7-9-13-27(23)35(5)32(28)22(24)14-15-33(30)4/h6-17,35H,1-5H3/q+1. The van der Waals surface area contributed by atoms with Crippen LogP contribution in [0.3, 0.4) is 0 Å². The molecular weight excluding hydrogens is 442 g/mol. The van der Waals surface area contributed by atoms with Gasteiger partial charge in [0.15, 0.2) is 6.20 Å². The van der Waals surface area contributed by atoms with E-state index in [0.717, 1.165) is 11.2 Å². The monoisotopic (exact) mass is 470 g/mol. The lowest BCUT2D eigenvalue weighted by atomic mass is 9.91. The Labute approximate surface area is 207 Å². The molecule has 0 radical (unpaired) electrons. The van der Waals surface area contributed by atoms with Gasteiger partial charge in [0.25, 0.3) is 0 Å². The fraction of sp³-hybridized carbons (Fsp3) is 0.156. The van der Waals surface area contributed by atoms with Gasteiger partial charge in [0.2, 0.25) is 5.69 Å². The molecule has 1 aliphatic rings. The van der Waals surface area contributed by atoms with Crippen LogP contribution in [0.5, 0.6) is 0 Å². The van der Waals surface area contributed by atoms with E-state index >= 15 is 0 Å². The van der Waals surface area contributed by atoms with E-state index in [-0.39, 0.29) is 0 Å². The van der Waals surface area contributed by atoms with Crippen LogP contribution in [-0.2, 0) is 7.05 Å². The number of para-hydroxylation sites is 1. The second kappa shape index (κ2) is 7.16. The second-order valence-electron chi connectivity index (χ2n) is 10.2. The molecule has 0 fully saturated rings. The molecule has 35 heavy (non-hydrogen) atoms. The summed E-state index contributed by atoms with van der Waals surface area (Å²) in [5.74, 6) is 0. The Bertz CT molecular complexity index is 1860. The van der Waals surface area contributed by atoms with Crippen molar-refractivity contribution in [3.8, 4) is 22.4 Å². The number of hydrogen-bond donors (Lipinski definition) is 0. The summed E-state index contributed by atoms with van der Waals surface area (Å²) in [6, 6.07) is 24.5. The van der Waals surface area contributed by atoms with Crippen LogP contribution >= 0.6 is 0 Å². The molecule has 3 heterocycles. The predicted octanol–water partition coefficient (Wildman–Crippen LogP) is 6.11. The highest BCUT2D eigenvalue weighted by molar-refractivity contribution is 6.90. The summed E-state index contributed by atoms with van der Waals surface area (Å²) in [7, 11) is 0.888. The van der Waals surface area contributed by atoms with E-state index in [1.807, 2.05) is 0 Å². The molecule has 0 aliphatic carbocycles. The molecule has 0 saturated carbocycles. The maximum absolute atomic E-state index is 6.57. The first-order chi connectivity index (χ1) is 17.0. The zero-order valence-corrected chi connectivity index (χ0v) is 22.0. The Morgan fingerprint density at radius 2 is 1.49 bits per heavy atom. The number of pyridine rings is 1. The van der Waals surface area contributed by atoms with Crippen molar-refractivity contribution >= 4 is 51.9 Å². The number of fused-ring (bicyclic) bond motifs is 8. The fourth-order valence-corrected chi connectivity index (χ4v) is 9.39. The molecule has 0 amide bonds. The van der Waals surface area contributed by atoms with Gasteiger partial charge in [-0.1, -0.05) is 54.2 Å². The average Bonchev–Trinajstić information content (AvgIpc) is 3.37. The smallest absolute Gasteiger partial charge is 0.224 e. The summed E-state index contributed by atoms with van der Waals surface area (Å²) in [5.41, 5.74) is 11.3. The largest absolute Gasteiger partial charge is 0.455 e. The normalized spacial score (nSPS) is 14.7. The summed E-state index contributed by atoms with van der Waals surface area (Å²) in [6.45, 7) is 9.24. The van der Waals surface area contributed by atoms with Gasteiger partial charge in [-0.25, -0.2) is 4.57 Å². The van der Waals surface area contributed by atoms with E-state index in [1.54, 1.807) is 10.4 Å². The topological polar surface area (TPSA) is 17.0 Å². The highest BCUT2D eigenvalue weighted by atomic mass is 28.3. The SMILES string of the molecule is Cc1cc2c(oc3ccccc32)c(-c2c3cc(C)c4c(c3cc[n+]2C)[SiH](C)c2ccccc2-4)c1C. The summed E-state index contributed by atoms with van der Waals surface area (Å²) in [5, 5.41) is 8.27. The molecule has 7 rings (SSSR count). The van der Waals surface area contributed by atoms with Crippen LogP contribution in [0.1, 0.15) is 16.7 Å². The van der Waals surface area contributed by atoms with Crippen molar-refractivity contribution in [1.82, 2.24) is 0 Å². The molecule has 0 bridgehead atoms. The number of nitrogens with zero attached hydrogens (tertiary/aromatic N) is 1. The van der Waals surface area contributed by atoms with Crippen LogP contribution in [0.2, 0.25) is 6.55 Å². The molecule has 2 nitrogen and oxygen atoms in total. The highest BCUT2D eigenvalue weighted by Crippen LogP contribution is 2.41. The van der Waals surface area contributed by atoms with Crippen molar-refractivity contribution in [2.45, 2.75) is 27.3 Å². The highest BCUT2D eigenvalue weighted by Gasteiger charge is 2.32. The predicted molar refractivity (Wildman–Crippen MR) is 150 cm³/mol. The number of rotatable bonds is 1. The van der Waals surface area contributed by atoms with E-state index < -0.39 is 8.80 Å². The molecule has 6 aromatic rings. The van der Waals surface area contributed by atoms with E-state index in [4.69, 9.17) is 4.42 Å². The number of furan rings is 1. The van der Waals surface area contributed by atoms with E-state index in [0.29, 0.717) is 0 Å². The fourth-order valence-electron chi connectivity index (χ4n) is 6.43. The molecule has 0 spiro atoms. The molecular formula is C32H28NOSi+. The van der Waals surface area contributed by atoms with Crippen molar-refractivity contribution in [1.29, 1.82) is 0 Å². The summed E-state index contributed by atoms with van der Waals surface area (Å²) in [6.07, 6.45) is 2.24. The first-order valence-corrected chi connectivity index (χ1v) is 14.7. The Morgan fingerprint density at radius 1 is 0.743 bits per heavy atom. The van der Waals surface area contributed by atoms with Crippen LogP contribution in [-0.4, -0.2) is 8.80 Å². The van der Waals surface area contributed by atoms with E-state index in [1.165, 1.54) is 60.6 Å². The molecule has 1 unspecified atom stereocenters. The van der Waals surface area contributed by atoms with Gasteiger partial charge in [-0.15, -0.1) is 0 Å². The summed E-state index contributed by atoms with van der Waals surface area (Å²) >= 11 is 0. The third kappa shape index (κ3) is 2.67. The van der Waals surface area contributed by atoms with Crippen molar-refractivity contribution in [2.75, 3.05) is 0 Å². The average molecular weight is 471 g/mol. The van der Waals surface area contributed by atoms with Gasteiger partial charge in [0.05, 0.1) is 10.9 Å². The van der Waals surface area contributed by atoms with Crippen molar-refractivity contribution < 1.29 is 8.98 Å². The van der Waals surface area contributed by atoms with Crippen LogP contribution in [0.4, 0.5) is 0 Å². The Hall–Kier alpha value is -3.69. The van der Waals surface area contributed by atoms with Crippen molar-refractivity contribution in [3.63, 3.8) is 0 Å². The molecule has 1 aliphatic heterocycles. The first-order valence-electron chi connectivity index (χ1n) is 12.4. The lowest BCUT2D eigenvalue weighted by Gasteiger charge is -2.15. The minimum Gasteiger partial charge on any atom is -0.455 e. The summed E-state index contributed by atoms with van der Waals surface area (Å²) < 4.78 is 8.86. The van der Waals surface area contributed by atoms with Gasteiger partial charge < -0.3 is 4.42 Å². The molecule has 2 aromatic heterocycles. The maximum Gasteiger partial charge on any atom is 0.224 e. The number of aryl methyl sites for hydroxylation is 3. The molecule has 1 atom stereocenters. The number of benzene rings is 4. The van der Waals surface area contributed by atoms with Gasteiger partial charge in [-0.2, -0.15) is 0 Å². The van der Waals surface area contributed by atoms with Crippen molar-refractivity contribution in [2.24, 2.45) is 7.05 Å². The molecule has 0 saturated heterocycles. The molecule has 3 heteroatoms. The van der Waals surface area contributed by atoms with Gasteiger partial charge in [0, 0.05) is 16.8 Å². The van der Waals surface area contributed by atoms with Gasteiger partial charge in [-0.05, 0) is 77.4 Å². The maximum atomic E-state index is 6.57. The third-order valence-electron chi connectivity index (χ3n) is 8.23. The van der Waals surface area contributed by atoms with Crippen LogP contribution in [0, 0.1) is 20.8 Å². The quantitative estimate of drug-likeness (QED) is 0.209. The van der Waals surface area contributed by atoms with Crippen LogP contribution in [0.15, 0.2) is 77.3 Å². The Balaban J connectivity index is 1.64. The van der Waals surface area contributed by atoms with Crippen LogP contribution < -0.4 is 14.9 Å². The first kappa shape index (κ1) is 20.7. The van der Waals surface area contributed by atoms with Crippen molar-refractivity contribution in [3.05, 3.63) is 89.6 Å². The number of aromatic nitrogens is 1. The van der Waals surface area contributed by atoms with Gasteiger partial charge in [0.1, 0.15) is 27.0 Å². The zero-order valence-electron chi connectivity index (χ0n) is 20.9. The Kier molecular flexibility index (Phi) is 4.22. The minimum atomic E-state index is -1.28.